The van der Waals surface area contributed by atoms with Crippen molar-refractivity contribution in [2.45, 2.75) is 12.8 Å². The van der Waals surface area contributed by atoms with Crippen LogP contribution in [0.1, 0.15) is 33.6 Å². The lowest BCUT2D eigenvalue weighted by Crippen LogP contribution is -2.43. The maximum Gasteiger partial charge on any atom is 0.263 e. The lowest BCUT2D eigenvalue weighted by molar-refractivity contribution is 0.0682. The molecule has 2 amide bonds. The van der Waals surface area contributed by atoms with E-state index in [0.29, 0.717) is 31.1 Å². The molecule has 1 aliphatic heterocycles. The van der Waals surface area contributed by atoms with Crippen molar-refractivity contribution < 1.29 is 9.59 Å². The van der Waals surface area contributed by atoms with Crippen LogP contribution < -0.4 is 10.9 Å². The van der Waals surface area contributed by atoms with Gasteiger partial charge in [-0.25, -0.2) is 0 Å². The third kappa shape index (κ3) is 3.99. The van der Waals surface area contributed by atoms with Gasteiger partial charge in [0, 0.05) is 43.8 Å². The molecule has 2 aromatic rings. The Kier molecular flexibility index (Phi) is 5.33. The molecule has 0 bridgehead atoms. The molecule has 25 heavy (non-hydrogen) atoms. The third-order valence-electron chi connectivity index (χ3n) is 4.59. The minimum absolute atomic E-state index is 0.0486. The summed E-state index contributed by atoms with van der Waals surface area (Å²) in [5, 5.41) is 6.67. The summed E-state index contributed by atoms with van der Waals surface area (Å²) in [6.45, 7) is 1.83. The van der Waals surface area contributed by atoms with Crippen molar-refractivity contribution in [3.05, 3.63) is 56.6 Å². The Morgan fingerprint density at radius 3 is 2.72 bits per heavy atom. The maximum atomic E-state index is 12.5. The number of aryl methyl sites for hydroxylation is 1. The Hall–Kier alpha value is -2.41. The third-order valence-corrected chi connectivity index (χ3v) is 5.27. The molecule has 1 fully saturated rings. The summed E-state index contributed by atoms with van der Waals surface area (Å²) in [4.78, 5) is 38.3. The second kappa shape index (κ2) is 7.65. The lowest BCUT2D eigenvalue weighted by atomic mass is 9.96. The number of carbonyl (C=O) groups is 2. The zero-order chi connectivity index (χ0) is 17.8. The highest BCUT2D eigenvalue weighted by molar-refractivity contribution is 7.08. The van der Waals surface area contributed by atoms with Crippen LogP contribution in [0.15, 0.2) is 40.0 Å². The summed E-state index contributed by atoms with van der Waals surface area (Å²) in [6, 6.07) is 5.10. The molecule has 0 unspecified atom stereocenters. The first kappa shape index (κ1) is 17.4. The number of amides is 2. The molecule has 3 heterocycles. The molecule has 7 heteroatoms. The van der Waals surface area contributed by atoms with Gasteiger partial charge in [0.05, 0.1) is 0 Å². The van der Waals surface area contributed by atoms with Gasteiger partial charge in [0.2, 0.25) is 0 Å². The van der Waals surface area contributed by atoms with Crippen LogP contribution in [-0.4, -0.2) is 40.9 Å². The van der Waals surface area contributed by atoms with E-state index in [-0.39, 0.29) is 22.9 Å². The summed E-state index contributed by atoms with van der Waals surface area (Å²) in [5.41, 5.74) is 0.643. The predicted octanol–water partition coefficient (Wildman–Crippen LogP) is 1.73. The minimum Gasteiger partial charge on any atom is -0.352 e. The molecule has 0 radical (unpaired) electrons. The van der Waals surface area contributed by atoms with E-state index in [9.17, 15) is 14.4 Å². The highest BCUT2D eigenvalue weighted by atomic mass is 32.1. The van der Waals surface area contributed by atoms with Crippen molar-refractivity contribution in [2.24, 2.45) is 13.0 Å². The van der Waals surface area contributed by atoms with Gasteiger partial charge in [0.1, 0.15) is 5.56 Å². The van der Waals surface area contributed by atoms with Gasteiger partial charge in [0.15, 0.2) is 0 Å². The Labute approximate surface area is 150 Å². The normalized spacial score (nSPS) is 15.2. The zero-order valence-corrected chi connectivity index (χ0v) is 14.9. The number of aromatic nitrogens is 1. The second-order valence-corrected chi connectivity index (χ2v) is 7.08. The van der Waals surface area contributed by atoms with Crippen molar-refractivity contribution in [1.29, 1.82) is 0 Å². The monoisotopic (exact) mass is 359 g/mol. The molecule has 0 saturated carbocycles. The average Bonchev–Trinajstić information content (AvgIpc) is 3.17. The number of piperidine rings is 1. The average molecular weight is 359 g/mol. The van der Waals surface area contributed by atoms with E-state index in [1.165, 1.54) is 15.9 Å². The fourth-order valence-electron chi connectivity index (χ4n) is 3.00. The number of rotatable bonds is 4. The number of hydrogen-bond acceptors (Lipinski definition) is 4. The Morgan fingerprint density at radius 2 is 2.04 bits per heavy atom. The molecule has 1 saturated heterocycles. The summed E-state index contributed by atoms with van der Waals surface area (Å²) < 4.78 is 1.42. The summed E-state index contributed by atoms with van der Waals surface area (Å²) in [7, 11) is 1.64. The number of nitrogens with one attached hydrogen (secondary N) is 1. The van der Waals surface area contributed by atoms with Gasteiger partial charge in [-0.15, -0.1) is 0 Å². The fraction of sp³-hybridized carbons (Fsp3) is 0.389. The molecule has 1 N–H and O–H groups in total. The van der Waals surface area contributed by atoms with Crippen LogP contribution in [0.25, 0.3) is 0 Å². The number of thiophene rings is 1. The molecule has 0 aromatic carbocycles. The van der Waals surface area contributed by atoms with Gasteiger partial charge in [-0.3, -0.25) is 14.4 Å². The summed E-state index contributed by atoms with van der Waals surface area (Å²) >= 11 is 1.50. The van der Waals surface area contributed by atoms with Gasteiger partial charge in [-0.05, 0) is 42.3 Å². The number of nitrogens with zero attached hydrogens (tertiary/aromatic N) is 2. The van der Waals surface area contributed by atoms with Crippen LogP contribution in [0, 0.1) is 5.92 Å². The van der Waals surface area contributed by atoms with E-state index in [0.717, 1.165) is 12.8 Å². The van der Waals surface area contributed by atoms with Crippen molar-refractivity contribution in [3.63, 3.8) is 0 Å². The van der Waals surface area contributed by atoms with Crippen LogP contribution in [0.2, 0.25) is 0 Å². The molecule has 132 valence electrons. The molecule has 0 atom stereocenters. The molecule has 3 rings (SSSR count). The van der Waals surface area contributed by atoms with Gasteiger partial charge in [-0.1, -0.05) is 0 Å². The lowest BCUT2D eigenvalue weighted by Gasteiger charge is -2.32. The Balaban J connectivity index is 1.51. The molecule has 2 aromatic heterocycles. The Morgan fingerprint density at radius 1 is 1.28 bits per heavy atom. The van der Waals surface area contributed by atoms with Crippen LogP contribution in [-0.2, 0) is 7.05 Å². The zero-order valence-electron chi connectivity index (χ0n) is 14.1. The highest BCUT2D eigenvalue weighted by Gasteiger charge is 2.25. The van der Waals surface area contributed by atoms with Gasteiger partial charge < -0.3 is 14.8 Å². The van der Waals surface area contributed by atoms with Crippen molar-refractivity contribution in [2.75, 3.05) is 19.6 Å². The predicted molar refractivity (Wildman–Crippen MR) is 97.0 cm³/mol. The van der Waals surface area contributed by atoms with E-state index >= 15 is 0 Å². The van der Waals surface area contributed by atoms with E-state index in [1.807, 2.05) is 16.8 Å². The number of carbonyl (C=O) groups excluding carboxylic acids is 2. The van der Waals surface area contributed by atoms with Crippen LogP contribution in [0.3, 0.4) is 0 Å². The first-order chi connectivity index (χ1) is 12.1. The minimum atomic E-state index is -0.266. The standard InChI is InChI=1S/C18H21N3O3S/c1-20-7-2-3-15(17(20)23)18(24)21-8-4-13(5-9-21)11-19-16(22)14-6-10-25-12-14/h2-3,6-7,10,12-13H,4-5,8-9,11H2,1H3,(H,19,22). The first-order valence-electron chi connectivity index (χ1n) is 8.31. The largest absolute Gasteiger partial charge is 0.352 e. The topological polar surface area (TPSA) is 71.4 Å². The van der Waals surface area contributed by atoms with Crippen molar-refractivity contribution in [3.8, 4) is 0 Å². The SMILES string of the molecule is Cn1cccc(C(=O)N2CCC(CNC(=O)c3ccsc3)CC2)c1=O. The second-order valence-electron chi connectivity index (χ2n) is 6.30. The first-order valence-corrected chi connectivity index (χ1v) is 9.26. The van der Waals surface area contributed by atoms with Crippen LogP contribution in [0.4, 0.5) is 0 Å². The van der Waals surface area contributed by atoms with Crippen LogP contribution >= 0.6 is 11.3 Å². The van der Waals surface area contributed by atoms with Gasteiger partial charge in [0.25, 0.3) is 17.4 Å². The molecule has 0 spiro atoms. The number of likely N-dealkylation sites (tertiary alicyclic amines) is 1. The molecule has 1 aliphatic rings. The van der Waals surface area contributed by atoms with Gasteiger partial charge in [-0.2, -0.15) is 11.3 Å². The summed E-state index contributed by atoms with van der Waals surface area (Å²) in [6.07, 6.45) is 3.28. The van der Waals surface area contributed by atoms with Gasteiger partial charge >= 0.3 is 0 Å². The number of pyridine rings is 1. The summed E-state index contributed by atoms with van der Waals surface area (Å²) in [5.74, 6) is 0.0970. The van der Waals surface area contributed by atoms with E-state index < -0.39 is 0 Å². The highest BCUT2D eigenvalue weighted by Crippen LogP contribution is 2.18. The quantitative estimate of drug-likeness (QED) is 0.904. The number of hydrogen-bond donors (Lipinski definition) is 1. The van der Waals surface area contributed by atoms with Crippen LogP contribution in [0.5, 0.6) is 0 Å². The maximum absolute atomic E-state index is 12.5. The van der Waals surface area contributed by atoms with Crippen molar-refractivity contribution in [1.82, 2.24) is 14.8 Å². The molecular formula is C18H21N3O3S. The van der Waals surface area contributed by atoms with Crippen molar-refractivity contribution >= 4 is 23.2 Å². The van der Waals surface area contributed by atoms with E-state index in [4.69, 9.17) is 0 Å². The van der Waals surface area contributed by atoms with E-state index in [1.54, 1.807) is 30.3 Å². The fourth-order valence-corrected chi connectivity index (χ4v) is 3.64. The molecule has 6 nitrogen and oxygen atoms in total. The Bertz CT molecular complexity index is 805. The molecule has 0 aliphatic carbocycles. The van der Waals surface area contributed by atoms with E-state index in [2.05, 4.69) is 5.32 Å². The smallest absolute Gasteiger partial charge is 0.263 e. The molecular weight excluding hydrogens is 338 g/mol.